The summed E-state index contributed by atoms with van der Waals surface area (Å²) in [5.74, 6) is -1.75. The lowest BCUT2D eigenvalue weighted by atomic mass is 10.0. The van der Waals surface area contributed by atoms with Gasteiger partial charge < -0.3 is 15.3 Å². The Balaban J connectivity index is 1.71. The van der Waals surface area contributed by atoms with Gasteiger partial charge in [-0.05, 0) is 55.3 Å². The quantitative estimate of drug-likeness (QED) is 0.865. The second-order valence-corrected chi connectivity index (χ2v) is 6.34. The minimum absolute atomic E-state index is 0.103. The van der Waals surface area contributed by atoms with E-state index in [1.54, 1.807) is 60.4 Å². The highest BCUT2D eigenvalue weighted by molar-refractivity contribution is 6.05. The van der Waals surface area contributed by atoms with Gasteiger partial charge >= 0.3 is 5.97 Å². The number of carbonyl (C=O) groups is 3. The first kappa shape index (κ1) is 17.7. The van der Waals surface area contributed by atoms with Crippen LogP contribution < -0.4 is 10.2 Å². The van der Waals surface area contributed by atoms with Crippen molar-refractivity contribution in [2.45, 2.75) is 25.7 Å². The molecule has 0 aromatic heterocycles. The number of nitrogens with one attached hydrogen (secondary N) is 1. The van der Waals surface area contributed by atoms with Crippen molar-refractivity contribution in [3.05, 3.63) is 59.7 Å². The van der Waals surface area contributed by atoms with Crippen LogP contribution in [0.4, 0.5) is 11.4 Å². The van der Waals surface area contributed by atoms with E-state index in [4.69, 9.17) is 5.11 Å². The fourth-order valence-electron chi connectivity index (χ4n) is 2.95. The molecule has 6 heteroatoms. The standard InChI is InChI=1S/C20H20N2O4/c1-13(20(25)26)15-4-2-5-16(12-15)21-19(24)14-7-9-17(10-8-14)22-11-3-6-18(22)23/h2,4-5,7-10,12-13H,3,6,11H2,1H3,(H,21,24)(H,25,26). The van der Waals surface area contributed by atoms with Crippen molar-refractivity contribution in [3.63, 3.8) is 0 Å². The van der Waals surface area contributed by atoms with Crippen LogP contribution >= 0.6 is 0 Å². The maximum atomic E-state index is 12.4. The maximum Gasteiger partial charge on any atom is 0.310 e. The van der Waals surface area contributed by atoms with Crippen LogP contribution in [0.15, 0.2) is 48.5 Å². The predicted octanol–water partition coefficient (Wildman–Crippen LogP) is 3.25. The molecule has 1 atom stereocenters. The molecule has 1 aliphatic heterocycles. The summed E-state index contributed by atoms with van der Waals surface area (Å²) < 4.78 is 0. The third kappa shape index (κ3) is 3.74. The van der Waals surface area contributed by atoms with Crippen molar-refractivity contribution < 1.29 is 19.5 Å². The summed E-state index contributed by atoms with van der Waals surface area (Å²) in [5, 5.41) is 11.9. The van der Waals surface area contributed by atoms with Crippen LogP contribution in [0.2, 0.25) is 0 Å². The molecule has 1 unspecified atom stereocenters. The number of nitrogens with zero attached hydrogens (tertiary/aromatic N) is 1. The number of carboxylic acid groups (broad SMARTS) is 1. The van der Waals surface area contributed by atoms with Gasteiger partial charge in [0.2, 0.25) is 5.91 Å². The summed E-state index contributed by atoms with van der Waals surface area (Å²) in [4.78, 5) is 37.0. The number of carboxylic acids is 1. The first-order valence-electron chi connectivity index (χ1n) is 8.50. The van der Waals surface area contributed by atoms with Gasteiger partial charge in [-0.25, -0.2) is 0 Å². The van der Waals surface area contributed by atoms with Gasteiger partial charge in [0.25, 0.3) is 5.91 Å². The Hall–Kier alpha value is -3.15. The van der Waals surface area contributed by atoms with Crippen LogP contribution in [0, 0.1) is 0 Å². The lowest BCUT2D eigenvalue weighted by Crippen LogP contribution is -2.23. The molecular formula is C20H20N2O4. The number of hydrogen-bond donors (Lipinski definition) is 2. The largest absolute Gasteiger partial charge is 0.481 e. The molecule has 2 aromatic rings. The Bertz CT molecular complexity index is 845. The first-order chi connectivity index (χ1) is 12.5. The van der Waals surface area contributed by atoms with Gasteiger partial charge in [0.1, 0.15) is 0 Å². The van der Waals surface area contributed by atoms with E-state index in [9.17, 15) is 14.4 Å². The summed E-state index contributed by atoms with van der Waals surface area (Å²) >= 11 is 0. The number of anilines is 2. The second-order valence-electron chi connectivity index (χ2n) is 6.34. The van der Waals surface area contributed by atoms with Crippen LogP contribution in [-0.4, -0.2) is 29.4 Å². The second kappa shape index (κ2) is 7.39. The van der Waals surface area contributed by atoms with Crippen LogP contribution in [0.1, 0.15) is 41.6 Å². The van der Waals surface area contributed by atoms with E-state index in [2.05, 4.69) is 5.32 Å². The highest BCUT2D eigenvalue weighted by Crippen LogP contribution is 2.23. The summed E-state index contributed by atoms with van der Waals surface area (Å²) in [6.45, 7) is 2.31. The van der Waals surface area contributed by atoms with Gasteiger partial charge in [0.05, 0.1) is 5.92 Å². The van der Waals surface area contributed by atoms with E-state index in [-0.39, 0.29) is 11.8 Å². The van der Waals surface area contributed by atoms with Crippen LogP contribution in [0.3, 0.4) is 0 Å². The number of aliphatic carboxylic acids is 1. The Morgan fingerprint density at radius 1 is 1.15 bits per heavy atom. The molecule has 1 saturated heterocycles. The number of rotatable bonds is 5. The number of carbonyl (C=O) groups excluding carboxylic acids is 2. The minimum atomic E-state index is -0.916. The number of benzene rings is 2. The fourth-order valence-corrected chi connectivity index (χ4v) is 2.95. The molecule has 1 fully saturated rings. The van der Waals surface area contributed by atoms with Gasteiger partial charge in [-0.1, -0.05) is 12.1 Å². The van der Waals surface area contributed by atoms with Crippen molar-refractivity contribution in [1.29, 1.82) is 0 Å². The van der Waals surface area contributed by atoms with E-state index in [0.717, 1.165) is 12.1 Å². The van der Waals surface area contributed by atoms with Gasteiger partial charge in [-0.15, -0.1) is 0 Å². The van der Waals surface area contributed by atoms with E-state index in [1.807, 2.05) is 0 Å². The van der Waals surface area contributed by atoms with E-state index in [1.165, 1.54) is 0 Å². The molecule has 2 amide bonds. The molecule has 0 bridgehead atoms. The number of hydrogen-bond acceptors (Lipinski definition) is 3. The average molecular weight is 352 g/mol. The van der Waals surface area contributed by atoms with Gasteiger partial charge in [-0.2, -0.15) is 0 Å². The minimum Gasteiger partial charge on any atom is -0.481 e. The molecule has 1 heterocycles. The molecule has 0 saturated carbocycles. The monoisotopic (exact) mass is 352 g/mol. The van der Waals surface area contributed by atoms with Gasteiger partial charge in [0, 0.05) is 29.9 Å². The predicted molar refractivity (Wildman–Crippen MR) is 98.5 cm³/mol. The maximum absolute atomic E-state index is 12.4. The first-order valence-corrected chi connectivity index (χ1v) is 8.50. The van der Waals surface area contributed by atoms with Gasteiger partial charge in [-0.3, -0.25) is 14.4 Å². The molecular weight excluding hydrogens is 332 g/mol. The zero-order chi connectivity index (χ0) is 18.7. The van der Waals surface area contributed by atoms with E-state index in [0.29, 0.717) is 29.8 Å². The van der Waals surface area contributed by atoms with Crippen molar-refractivity contribution in [3.8, 4) is 0 Å². The molecule has 1 aliphatic rings. The zero-order valence-electron chi connectivity index (χ0n) is 14.4. The number of amides is 2. The van der Waals surface area contributed by atoms with E-state index >= 15 is 0 Å². The molecule has 134 valence electrons. The normalized spacial score (nSPS) is 15.0. The average Bonchev–Trinajstić information content (AvgIpc) is 3.07. The Morgan fingerprint density at radius 3 is 2.50 bits per heavy atom. The SMILES string of the molecule is CC(C(=O)O)c1cccc(NC(=O)c2ccc(N3CCCC3=O)cc2)c1. The Kier molecular flexibility index (Phi) is 5.02. The van der Waals surface area contributed by atoms with Crippen LogP contribution in [0.5, 0.6) is 0 Å². The smallest absolute Gasteiger partial charge is 0.310 e. The van der Waals surface area contributed by atoms with Crippen LogP contribution in [-0.2, 0) is 9.59 Å². The molecule has 3 rings (SSSR count). The Morgan fingerprint density at radius 2 is 1.88 bits per heavy atom. The van der Waals surface area contributed by atoms with Crippen molar-refractivity contribution in [2.75, 3.05) is 16.8 Å². The summed E-state index contributed by atoms with van der Waals surface area (Å²) in [6.07, 6.45) is 1.42. The fraction of sp³-hybridized carbons (Fsp3) is 0.250. The highest BCUT2D eigenvalue weighted by atomic mass is 16.4. The summed E-state index contributed by atoms with van der Waals surface area (Å²) in [6, 6.07) is 13.7. The zero-order valence-corrected chi connectivity index (χ0v) is 14.4. The molecule has 2 N–H and O–H groups in total. The lowest BCUT2D eigenvalue weighted by Gasteiger charge is -2.16. The van der Waals surface area contributed by atoms with Gasteiger partial charge in [0.15, 0.2) is 0 Å². The molecule has 26 heavy (non-hydrogen) atoms. The molecule has 6 nitrogen and oxygen atoms in total. The third-order valence-corrected chi connectivity index (χ3v) is 4.53. The summed E-state index contributed by atoms with van der Waals surface area (Å²) in [7, 11) is 0. The molecule has 0 spiro atoms. The van der Waals surface area contributed by atoms with Crippen molar-refractivity contribution >= 4 is 29.2 Å². The van der Waals surface area contributed by atoms with Crippen molar-refractivity contribution in [2.24, 2.45) is 0 Å². The molecule has 0 aliphatic carbocycles. The van der Waals surface area contributed by atoms with E-state index < -0.39 is 11.9 Å². The molecule has 2 aromatic carbocycles. The lowest BCUT2D eigenvalue weighted by molar-refractivity contribution is -0.138. The molecule has 0 radical (unpaired) electrons. The topological polar surface area (TPSA) is 86.7 Å². The summed E-state index contributed by atoms with van der Waals surface area (Å²) in [5.41, 5.74) is 2.43. The van der Waals surface area contributed by atoms with Crippen molar-refractivity contribution in [1.82, 2.24) is 0 Å². The third-order valence-electron chi connectivity index (χ3n) is 4.53. The van der Waals surface area contributed by atoms with Crippen LogP contribution in [0.25, 0.3) is 0 Å². The highest BCUT2D eigenvalue weighted by Gasteiger charge is 2.21. The Labute approximate surface area is 151 Å².